The molecule has 0 spiro atoms. The molecule has 0 amide bonds. The van der Waals surface area contributed by atoms with E-state index in [1.165, 1.54) is 37.8 Å². The Labute approximate surface area is 126 Å². The van der Waals surface area contributed by atoms with Crippen LogP contribution in [0.4, 0.5) is 0 Å². The first-order valence-corrected chi connectivity index (χ1v) is 7.94. The van der Waals surface area contributed by atoms with Crippen molar-refractivity contribution >= 4 is 11.6 Å². The van der Waals surface area contributed by atoms with Gasteiger partial charge in [-0.3, -0.25) is 4.90 Å². The second-order valence-corrected chi connectivity index (χ2v) is 6.35. The fourth-order valence-electron chi connectivity index (χ4n) is 3.07. The minimum Gasteiger partial charge on any atom is -0.496 e. The van der Waals surface area contributed by atoms with Gasteiger partial charge in [0, 0.05) is 35.8 Å². The topological polar surface area (TPSA) is 24.5 Å². The third kappa shape index (κ3) is 3.46. The van der Waals surface area contributed by atoms with E-state index in [4.69, 9.17) is 16.3 Å². The average molecular weight is 295 g/mol. The fraction of sp³-hybridized carbons (Fsp3) is 0.625. The van der Waals surface area contributed by atoms with E-state index in [1.807, 2.05) is 18.2 Å². The lowest BCUT2D eigenvalue weighted by molar-refractivity contribution is 0.228. The van der Waals surface area contributed by atoms with Crippen LogP contribution in [0.15, 0.2) is 18.2 Å². The van der Waals surface area contributed by atoms with Crippen LogP contribution in [0.5, 0.6) is 5.75 Å². The van der Waals surface area contributed by atoms with Gasteiger partial charge in [0.05, 0.1) is 7.11 Å². The molecule has 0 radical (unpaired) electrons. The summed E-state index contributed by atoms with van der Waals surface area (Å²) in [6.45, 7) is 3.25. The highest BCUT2D eigenvalue weighted by atomic mass is 35.5. The van der Waals surface area contributed by atoms with E-state index in [0.717, 1.165) is 29.9 Å². The van der Waals surface area contributed by atoms with Gasteiger partial charge < -0.3 is 10.1 Å². The van der Waals surface area contributed by atoms with E-state index in [9.17, 15) is 0 Å². The Morgan fingerprint density at radius 1 is 1.35 bits per heavy atom. The fourth-order valence-corrected chi connectivity index (χ4v) is 3.26. The maximum absolute atomic E-state index is 6.14. The summed E-state index contributed by atoms with van der Waals surface area (Å²) in [5, 5.41) is 4.38. The molecule has 2 fully saturated rings. The highest BCUT2D eigenvalue weighted by Gasteiger charge is 2.31. The van der Waals surface area contributed by atoms with Gasteiger partial charge in [-0.1, -0.05) is 11.6 Å². The van der Waals surface area contributed by atoms with Gasteiger partial charge in [0.2, 0.25) is 0 Å². The third-order valence-corrected chi connectivity index (χ3v) is 4.53. The molecule has 1 N–H and O–H groups in total. The van der Waals surface area contributed by atoms with E-state index in [2.05, 4.69) is 10.2 Å². The van der Waals surface area contributed by atoms with E-state index in [0.29, 0.717) is 6.04 Å². The van der Waals surface area contributed by atoms with Crippen LogP contribution in [0, 0.1) is 0 Å². The van der Waals surface area contributed by atoms with Crippen molar-refractivity contribution in [3.8, 4) is 5.75 Å². The van der Waals surface area contributed by atoms with Gasteiger partial charge in [-0.15, -0.1) is 0 Å². The Morgan fingerprint density at radius 3 is 2.85 bits per heavy atom. The van der Waals surface area contributed by atoms with Gasteiger partial charge in [0.1, 0.15) is 5.75 Å². The molecule has 1 aliphatic carbocycles. The van der Waals surface area contributed by atoms with Gasteiger partial charge in [-0.05, 0) is 50.4 Å². The van der Waals surface area contributed by atoms with Gasteiger partial charge in [-0.2, -0.15) is 0 Å². The molecule has 0 aromatic heterocycles. The number of hydrogen-bond donors (Lipinski definition) is 1. The van der Waals surface area contributed by atoms with Crippen molar-refractivity contribution < 1.29 is 4.74 Å². The molecule has 1 unspecified atom stereocenters. The highest BCUT2D eigenvalue weighted by Crippen LogP contribution is 2.32. The third-order valence-electron chi connectivity index (χ3n) is 4.30. The first kappa shape index (κ1) is 14.2. The van der Waals surface area contributed by atoms with Crippen molar-refractivity contribution in [3.05, 3.63) is 28.8 Å². The van der Waals surface area contributed by atoms with Crippen LogP contribution in [0.3, 0.4) is 0 Å². The summed E-state index contributed by atoms with van der Waals surface area (Å²) < 4.78 is 5.47. The zero-order chi connectivity index (χ0) is 13.9. The Kier molecular flexibility index (Phi) is 4.49. The van der Waals surface area contributed by atoms with Crippen molar-refractivity contribution in [1.82, 2.24) is 10.2 Å². The Bertz CT molecular complexity index is 456. The Hall–Kier alpha value is -0.770. The van der Waals surface area contributed by atoms with Crippen molar-refractivity contribution in [1.29, 1.82) is 0 Å². The van der Waals surface area contributed by atoms with Crippen LogP contribution < -0.4 is 10.1 Å². The van der Waals surface area contributed by atoms with Crippen LogP contribution >= 0.6 is 11.6 Å². The minimum absolute atomic E-state index is 0.653. The number of nitrogens with one attached hydrogen (secondary N) is 1. The number of benzene rings is 1. The maximum atomic E-state index is 6.14. The molecule has 1 heterocycles. The predicted octanol–water partition coefficient (Wildman–Crippen LogP) is 3.07. The molecular weight excluding hydrogens is 272 g/mol. The van der Waals surface area contributed by atoms with E-state index in [1.54, 1.807) is 7.11 Å². The molecule has 0 bridgehead atoms. The molecule has 2 aliphatic rings. The molecule has 1 aliphatic heterocycles. The molecule has 3 rings (SSSR count). The minimum atomic E-state index is 0.653. The number of halogens is 1. The average Bonchev–Trinajstić information content (AvgIpc) is 3.17. The summed E-state index contributed by atoms with van der Waals surface area (Å²) in [7, 11) is 1.73. The zero-order valence-electron chi connectivity index (χ0n) is 12.1. The summed E-state index contributed by atoms with van der Waals surface area (Å²) in [4.78, 5) is 2.59. The first-order chi connectivity index (χ1) is 9.76. The van der Waals surface area contributed by atoms with Gasteiger partial charge in [0.15, 0.2) is 0 Å². The number of ether oxygens (including phenoxy) is 1. The molecule has 1 saturated heterocycles. The first-order valence-electron chi connectivity index (χ1n) is 7.56. The van der Waals surface area contributed by atoms with Crippen molar-refractivity contribution in [2.24, 2.45) is 0 Å². The molecule has 4 heteroatoms. The maximum Gasteiger partial charge on any atom is 0.123 e. The van der Waals surface area contributed by atoms with Crippen LogP contribution in [0.2, 0.25) is 5.02 Å². The quantitative estimate of drug-likeness (QED) is 0.873. The molecule has 110 valence electrons. The lowest BCUT2D eigenvalue weighted by Gasteiger charge is -2.26. The number of hydrogen-bond acceptors (Lipinski definition) is 3. The molecule has 3 nitrogen and oxygen atoms in total. The van der Waals surface area contributed by atoms with Gasteiger partial charge in [0.25, 0.3) is 0 Å². The standard InChI is InChI=1S/C16H23ClN2O/c1-20-16-7-4-13(17)9-12(16)10-19(15-5-6-15)11-14-3-2-8-18-14/h4,7,9,14-15,18H,2-3,5-6,8,10-11H2,1H3. The Morgan fingerprint density at radius 2 is 2.20 bits per heavy atom. The van der Waals surface area contributed by atoms with Crippen LogP contribution in [0.25, 0.3) is 0 Å². The van der Waals surface area contributed by atoms with E-state index < -0.39 is 0 Å². The highest BCUT2D eigenvalue weighted by molar-refractivity contribution is 6.30. The molecule has 1 atom stereocenters. The number of nitrogens with zero attached hydrogens (tertiary/aromatic N) is 1. The summed E-state index contributed by atoms with van der Waals surface area (Å²) >= 11 is 6.14. The molecule has 1 saturated carbocycles. The van der Waals surface area contributed by atoms with Crippen molar-refractivity contribution in [2.45, 2.75) is 44.3 Å². The SMILES string of the molecule is COc1ccc(Cl)cc1CN(CC1CCCN1)C1CC1. The second kappa shape index (κ2) is 6.33. The van der Waals surface area contributed by atoms with Crippen LogP contribution in [-0.4, -0.2) is 37.2 Å². The second-order valence-electron chi connectivity index (χ2n) is 5.91. The molecule has 20 heavy (non-hydrogen) atoms. The van der Waals surface area contributed by atoms with Crippen molar-refractivity contribution in [3.63, 3.8) is 0 Å². The molecular formula is C16H23ClN2O. The lowest BCUT2D eigenvalue weighted by Crippen LogP contribution is -2.38. The lowest BCUT2D eigenvalue weighted by atomic mass is 10.1. The van der Waals surface area contributed by atoms with E-state index >= 15 is 0 Å². The summed E-state index contributed by atoms with van der Waals surface area (Å²) in [5.41, 5.74) is 1.20. The number of rotatable bonds is 6. The Balaban J connectivity index is 1.70. The monoisotopic (exact) mass is 294 g/mol. The van der Waals surface area contributed by atoms with Gasteiger partial charge in [-0.25, -0.2) is 0 Å². The zero-order valence-corrected chi connectivity index (χ0v) is 12.8. The normalized spacial score (nSPS) is 22.4. The van der Waals surface area contributed by atoms with Crippen LogP contribution in [-0.2, 0) is 6.54 Å². The summed E-state index contributed by atoms with van der Waals surface area (Å²) in [5.74, 6) is 0.944. The van der Waals surface area contributed by atoms with Crippen molar-refractivity contribution in [2.75, 3.05) is 20.2 Å². The molecule has 1 aromatic rings. The van der Waals surface area contributed by atoms with E-state index in [-0.39, 0.29) is 0 Å². The van der Waals surface area contributed by atoms with Crippen LogP contribution in [0.1, 0.15) is 31.2 Å². The summed E-state index contributed by atoms with van der Waals surface area (Å²) in [6, 6.07) is 7.31. The number of methoxy groups -OCH3 is 1. The smallest absolute Gasteiger partial charge is 0.123 e. The molecule has 1 aromatic carbocycles. The summed E-state index contributed by atoms with van der Waals surface area (Å²) in [6.07, 6.45) is 5.27. The largest absolute Gasteiger partial charge is 0.496 e. The predicted molar refractivity (Wildman–Crippen MR) is 82.5 cm³/mol. The van der Waals surface area contributed by atoms with Gasteiger partial charge >= 0.3 is 0 Å².